The van der Waals surface area contributed by atoms with Gasteiger partial charge in [0.15, 0.2) is 12.3 Å². The molecular weight excluding hydrogens is 403 g/mol. The zero-order valence-electron chi connectivity index (χ0n) is 14.3. The van der Waals surface area contributed by atoms with E-state index in [1.807, 2.05) is 0 Å². The molecule has 0 saturated heterocycles. The van der Waals surface area contributed by atoms with Crippen LogP contribution in [0.5, 0.6) is 5.75 Å². The second-order valence-electron chi connectivity index (χ2n) is 5.44. The number of halogens is 4. The van der Waals surface area contributed by atoms with Crippen LogP contribution in [0.15, 0.2) is 41.1 Å². The number of amides is 2. The number of nitrogens with one attached hydrogen (secondary N) is 2. The lowest BCUT2D eigenvalue weighted by molar-refractivity contribution is -0.122. The molecule has 7 nitrogen and oxygen atoms in total. The van der Waals surface area contributed by atoms with Crippen LogP contribution < -0.4 is 15.4 Å². The third kappa shape index (κ3) is 6.31. The van der Waals surface area contributed by atoms with Crippen LogP contribution in [0.25, 0.3) is 0 Å². The number of hydrogen-bond donors (Lipinski definition) is 2. The third-order valence-electron chi connectivity index (χ3n) is 3.27. The first kappa shape index (κ1) is 21.3. The molecule has 1 heterocycles. The van der Waals surface area contributed by atoms with Crippen molar-refractivity contribution in [3.05, 3.63) is 58.8 Å². The average Bonchev–Trinajstić information content (AvgIpc) is 3.13. The molecule has 0 aliphatic heterocycles. The predicted octanol–water partition coefficient (Wildman–Crippen LogP) is 3.23. The minimum absolute atomic E-state index is 0.0614. The van der Waals surface area contributed by atoms with E-state index in [0.717, 1.165) is 12.1 Å². The highest BCUT2D eigenvalue weighted by Gasteiger charge is 2.18. The number of ether oxygens (including phenoxy) is 1. The summed E-state index contributed by atoms with van der Waals surface area (Å²) in [5.41, 5.74) is -0.357. The van der Waals surface area contributed by atoms with E-state index in [0.29, 0.717) is 0 Å². The van der Waals surface area contributed by atoms with Gasteiger partial charge in [0.2, 0.25) is 5.76 Å². The Morgan fingerprint density at radius 2 is 2.07 bits per heavy atom. The smallest absolute Gasteiger partial charge is 0.289 e. The van der Waals surface area contributed by atoms with Gasteiger partial charge in [-0.15, -0.1) is 0 Å². The molecule has 0 atom stereocenters. The van der Waals surface area contributed by atoms with Crippen LogP contribution in [0.4, 0.5) is 13.2 Å². The van der Waals surface area contributed by atoms with Crippen LogP contribution in [-0.2, 0) is 4.79 Å². The van der Waals surface area contributed by atoms with E-state index in [2.05, 4.69) is 26.9 Å². The Hall–Kier alpha value is -3.01. The van der Waals surface area contributed by atoms with Gasteiger partial charge in [-0.1, -0.05) is 23.3 Å². The van der Waals surface area contributed by atoms with Crippen LogP contribution in [0.3, 0.4) is 0 Å². The SMILES string of the molecule is C=C(CCNC(=O)c1cc(C(F)F)no1)NC(=O)COc1ccc(Cl)c(F)c1. The highest BCUT2D eigenvalue weighted by molar-refractivity contribution is 6.30. The van der Waals surface area contributed by atoms with Gasteiger partial charge in [-0.2, -0.15) is 0 Å². The lowest BCUT2D eigenvalue weighted by Crippen LogP contribution is -2.30. The largest absolute Gasteiger partial charge is 0.484 e. The number of benzene rings is 1. The quantitative estimate of drug-likeness (QED) is 0.653. The van der Waals surface area contributed by atoms with Gasteiger partial charge in [0.25, 0.3) is 18.2 Å². The van der Waals surface area contributed by atoms with Crippen molar-refractivity contribution in [2.24, 2.45) is 0 Å². The van der Waals surface area contributed by atoms with Crippen molar-refractivity contribution in [2.45, 2.75) is 12.8 Å². The van der Waals surface area contributed by atoms with Crippen LogP contribution >= 0.6 is 11.6 Å². The molecule has 0 bridgehead atoms. The number of hydrogen-bond acceptors (Lipinski definition) is 5. The molecule has 0 aliphatic rings. The lowest BCUT2D eigenvalue weighted by Gasteiger charge is -2.10. The van der Waals surface area contributed by atoms with Crippen LogP contribution in [0, 0.1) is 5.82 Å². The summed E-state index contributed by atoms with van der Waals surface area (Å²) in [6.07, 6.45) is -2.67. The third-order valence-corrected chi connectivity index (χ3v) is 3.57. The van der Waals surface area contributed by atoms with E-state index in [9.17, 15) is 22.8 Å². The molecule has 28 heavy (non-hydrogen) atoms. The fourth-order valence-corrected chi connectivity index (χ4v) is 2.04. The molecule has 2 rings (SSSR count). The van der Waals surface area contributed by atoms with E-state index in [4.69, 9.17) is 16.3 Å². The Bertz CT molecular complexity index is 873. The molecule has 0 fully saturated rings. The molecule has 1 aromatic heterocycles. The Labute approximate surface area is 162 Å². The molecule has 2 aromatic rings. The van der Waals surface area contributed by atoms with Crippen LogP contribution in [-0.4, -0.2) is 30.1 Å². The van der Waals surface area contributed by atoms with Gasteiger partial charge in [-0.25, -0.2) is 13.2 Å². The standard InChI is InChI=1S/C17H15ClF3N3O4/c1-9(4-5-22-17(26)14-7-13(16(20)21)24-28-14)23-15(25)8-27-10-2-3-11(18)12(19)6-10/h2-3,6-7,16H,1,4-5,8H2,(H,22,26)(H,23,25). The van der Waals surface area contributed by atoms with E-state index in [1.54, 1.807) is 0 Å². The van der Waals surface area contributed by atoms with Crippen molar-refractivity contribution in [2.75, 3.05) is 13.2 Å². The summed E-state index contributed by atoms with van der Waals surface area (Å²) in [5, 5.41) is 7.86. The summed E-state index contributed by atoms with van der Waals surface area (Å²) in [7, 11) is 0. The van der Waals surface area contributed by atoms with Crippen LogP contribution in [0.1, 0.15) is 29.1 Å². The highest BCUT2D eigenvalue weighted by atomic mass is 35.5. The minimum Gasteiger partial charge on any atom is -0.484 e. The Morgan fingerprint density at radius 1 is 1.32 bits per heavy atom. The summed E-state index contributed by atoms with van der Waals surface area (Å²) in [6, 6.07) is 4.59. The number of aromatic nitrogens is 1. The first-order valence-electron chi connectivity index (χ1n) is 7.84. The van der Waals surface area contributed by atoms with Crippen molar-refractivity contribution in [3.63, 3.8) is 0 Å². The van der Waals surface area contributed by atoms with E-state index >= 15 is 0 Å². The van der Waals surface area contributed by atoms with Gasteiger partial charge >= 0.3 is 0 Å². The lowest BCUT2D eigenvalue weighted by atomic mass is 10.3. The summed E-state index contributed by atoms with van der Waals surface area (Å²) < 4.78 is 47.7. The van der Waals surface area contributed by atoms with Crippen LogP contribution in [0.2, 0.25) is 5.02 Å². The normalized spacial score (nSPS) is 10.6. The van der Waals surface area contributed by atoms with Gasteiger partial charge in [-0.05, 0) is 12.1 Å². The average molecular weight is 418 g/mol. The summed E-state index contributed by atoms with van der Waals surface area (Å²) in [5.74, 6) is -2.17. The molecule has 11 heteroatoms. The second-order valence-corrected chi connectivity index (χ2v) is 5.85. The summed E-state index contributed by atoms with van der Waals surface area (Å²) >= 11 is 5.54. The summed E-state index contributed by atoms with van der Waals surface area (Å²) in [6.45, 7) is 3.29. The number of nitrogens with zero attached hydrogens (tertiary/aromatic N) is 1. The molecule has 0 aliphatic carbocycles. The second kappa shape index (κ2) is 9.79. The van der Waals surface area contributed by atoms with Gasteiger partial charge in [0.1, 0.15) is 11.6 Å². The number of carbonyl (C=O) groups is 2. The van der Waals surface area contributed by atoms with E-state index in [-0.39, 0.29) is 41.8 Å². The van der Waals surface area contributed by atoms with E-state index in [1.165, 1.54) is 12.1 Å². The molecule has 2 N–H and O–H groups in total. The maximum atomic E-state index is 13.3. The fraction of sp³-hybridized carbons (Fsp3) is 0.235. The van der Waals surface area contributed by atoms with Crippen molar-refractivity contribution in [1.82, 2.24) is 15.8 Å². The highest BCUT2D eigenvalue weighted by Crippen LogP contribution is 2.20. The first-order valence-corrected chi connectivity index (χ1v) is 8.22. The van der Waals surface area contributed by atoms with Crippen molar-refractivity contribution >= 4 is 23.4 Å². The van der Waals surface area contributed by atoms with Crippen molar-refractivity contribution in [3.8, 4) is 5.75 Å². The van der Waals surface area contributed by atoms with Gasteiger partial charge < -0.3 is 19.9 Å². The number of carbonyl (C=O) groups excluding carboxylic acids is 2. The predicted molar refractivity (Wildman–Crippen MR) is 92.6 cm³/mol. The van der Waals surface area contributed by atoms with Crippen molar-refractivity contribution < 1.29 is 32.0 Å². The van der Waals surface area contributed by atoms with E-state index < -0.39 is 29.8 Å². The maximum absolute atomic E-state index is 13.3. The van der Waals surface area contributed by atoms with Gasteiger partial charge in [0.05, 0.1) is 5.02 Å². The van der Waals surface area contributed by atoms with Gasteiger partial charge in [-0.3, -0.25) is 9.59 Å². The number of rotatable bonds is 9. The monoisotopic (exact) mass is 417 g/mol. The van der Waals surface area contributed by atoms with Crippen molar-refractivity contribution in [1.29, 1.82) is 0 Å². The molecule has 0 spiro atoms. The van der Waals surface area contributed by atoms with Gasteiger partial charge in [0, 0.05) is 30.8 Å². The zero-order chi connectivity index (χ0) is 20.7. The molecule has 0 radical (unpaired) electrons. The fourth-order valence-electron chi connectivity index (χ4n) is 1.92. The minimum atomic E-state index is -2.84. The molecule has 0 saturated carbocycles. The molecule has 2 amide bonds. The molecular formula is C17H15ClF3N3O4. The number of alkyl halides is 2. The maximum Gasteiger partial charge on any atom is 0.289 e. The molecule has 150 valence electrons. The molecule has 1 aromatic carbocycles. The zero-order valence-corrected chi connectivity index (χ0v) is 15.1. The summed E-state index contributed by atoms with van der Waals surface area (Å²) in [4.78, 5) is 23.5. The Kier molecular flexibility index (Phi) is 7.44. The molecule has 0 unspecified atom stereocenters. The Morgan fingerprint density at radius 3 is 2.71 bits per heavy atom. The first-order chi connectivity index (χ1) is 13.3. The topological polar surface area (TPSA) is 93.5 Å². The Balaban J connectivity index is 1.69.